The molecule has 0 unspecified atom stereocenters. The molecule has 162 valence electrons. The molecule has 1 aliphatic rings. The van der Waals surface area contributed by atoms with Gasteiger partial charge in [-0.15, -0.1) is 0 Å². The van der Waals surface area contributed by atoms with Crippen LogP contribution in [0.25, 0.3) is 0 Å². The molecule has 0 bridgehead atoms. The summed E-state index contributed by atoms with van der Waals surface area (Å²) >= 11 is 6.23. The molecule has 2 aromatic heterocycles. The van der Waals surface area contributed by atoms with Gasteiger partial charge >= 0.3 is 0 Å². The number of nitrogens with zero attached hydrogens (tertiary/aromatic N) is 4. The van der Waals surface area contributed by atoms with Gasteiger partial charge in [0.15, 0.2) is 5.76 Å². The first kappa shape index (κ1) is 21.1. The highest BCUT2D eigenvalue weighted by Gasteiger charge is 2.25. The van der Waals surface area contributed by atoms with Gasteiger partial charge in [-0.25, -0.2) is 4.68 Å². The number of aromatic nitrogens is 2. The number of aryl methyl sites for hydroxylation is 1. The van der Waals surface area contributed by atoms with Gasteiger partial charge in [-0.05, 0) is 30.7 Å². The van der Waals surface area contributed by atoms with Crippen molar-refractivity contribution < 1.29 is 14.0 Å². The van der Waals surface area contributed by atoms with E-state index in [4.69, 9.17) is 16.0 Å². The zero-order valence-electron chi connectivity index (χ0n) is 17.3. The largest absolute Gasteiger partial charge is 0.456 e. The minimum Gasteiger partial charge on any atom is -0.456 e. The lowest BCUT2D eigenvalue weighted by atomic mass is 10.2. The van der Waals surface area contributed by atoms with E-state index in [0.29, 0.717) is 55.1 Å². The summed E-state index contributed by atoms with van der Waals surface area (Å²) in [5, 5.41) is 7.87. The molecule has 1 fully saturated rings. The van der Waals surface area contributed by atoms with E-state index in [1.54, 1.807) is 34.0 Å². The van der Waals surface area contributed by atoms with Crippen molar-refractivity contribution >= 4 is 29.2 Å². The average molecular weight is 442 g/mol. The van der Waals surface area contributed by atoms with E-state index in [9.17, 15) is 9.59 Å². The molecular weight excluding hydrogens is 418 g/mol. The first-order valence-electron chi connectivity index (χ1n) is 10.1. The molecule has 4 rings (SSSR count). The second-order valence-electron chi connectivity index (χ2n) is 7.49. The summed E-state index contributed by atoms with van der Waals surface area (Å²) in [4.78, 5) is 28.8. The third-order valence-corrected chi connectivity index (χ3v) is 5.61. The lowest BCUT2D eigenvalue weighted by Gasteiger charge is -2.33. The second-order valence-corrected chi connectivity index (χ2v) is 7.90. The van der Waals surface area contributed by atoms with Crippen LogP contribution in [0.1, 0.15) is 21.9 Å². The highest BCUT2D eigenvalue weighted by molar-refractivity contribution is 6.31. The maximum Gasteiger partial charge on any atom is 0.289 e. The molecule has 1 N–H and O–H groups in total. The Morgan fingerprint density at radius 1 is 1.10 bits per heavy atom. The normalized spacial score (nSPS) is 14.6. The number of nitrogens with one attached hydrogen (secondary N) is 1. The number of anilines is 1. The van der Waals surface area contributed by atoms with Crippen LogP contribution >= 0.6 is 11.6 Å². The monoisotopic (exact) mass is 441 g/mol. The molecule has 3 aromatic rings. The van der Waals surface area contributed by atoms with Crippen molar-refractivity contribution in [3.8, 4) is 0 Å². The molecule has 1 aliphatic heterocycles. The van der Waals surface area contributed by atoms with E-state index in [2.05, 4.69) is 10.4 Å². The Balaban J connectivity index is 1.28. The summed E-state index contributed by atoms with van der Waals surface area (Å²) in [5.74, 6) is 1.46. The number of furan rings is 1. The van der Waals surface area contributed by atoms with E-state index in [1.807, 2.05) is 36.1 Å². The fourth-order valence-corrected chi connectivity index (χ4v) is 3.75. The van der Waals surface area contributed by atoms with Crippen LogP contribution in [0.2, 0.25) is 5.02 Å². The van der Waals surface area contributed by atoms with Crippen molar-refractivity contribution in [1.82, 2.24) is 19.6 Å². The quantitative estimate of drug-likeness (QED) is 0.636. The number of hydrogen-bond acceptors (Lipinski definition) is 5. The van der Waals surface area contributed by atoms with Crippen LogP contribution in [-0.4, -0.2) is 64.1 Å². The highest BCUT2D eigenvalue weighted by atomic mass is 35.5. The maximum atomic E-state index is 12.6. The van der Waals surface area contributed by atoms with Crippen LogP contribution in [-0.2, 0) is 11.3 Å². The lowest BCUT2D eigenvalue weighted by molar-refractivity contribution is -0.117. The Morgan fingerprint density at radius 2 is 1.87 bits per heavy atom. The first-order valence-corrected chi connectivity index (χ1v) is 10.5. The van der Waals surface area contributed by atoms with E-state index < -0.39 is 0 Å². The molecule has 0 saturated carbocycles. The van der Waals surface area contributed by atoms with Gasteiger partial charge in [-0.1, -0.05) is 29.8 Å². The Hall–Kier alpha value is -3.10. The number of hydrogen-bond donors (Lipinski definition) is 1. The predicted octanol–water partition coefficient (Wildman–Crippen LogP) is 2.88. The molecule has 0 radical (unpaired) electrons. The lowest BCUT2D eigenvalue weighted by Crippen LogP contribution is -2.50. The molecule has 8 nitrogen and oxygen atoms in total. The Labute approximate surface area is 185 Å². The van der Waals surface area contributed by atoms with E-state index in [-0.39, 0.29) is 18.4 Å². The van der Waals surface area contributed by atoms with Crippen molar-refractivity contribution in [3.05, 3.63) is 70.8 Å². The van der Waals surface area contributed by atoms with Crippen molar-refractivity contribution in [3.63, 3.8) is 0 Å². The van der Waals surface area contributed by atoms with Gasteiger partial charge in [0.25, 0.3) is 5.91 Å². The number of halogens is 1. The standard InChI is InChI=1S/C22H24ClN5O3/c1-16-6-7-19(31-16)22(30)27-12-10-26(11-13-27)15-21(29)25-20-8-9-24-28(20)14-17-4-2-3-5-18(17)23/h2-9H,10-15H2,1H3,(H,25,29). The van der Waals surface area contributed by atoms with Gasteiger partial charge in [0.2, 0.25) is 5.91 Å². The summed E-state index contributed by atoms with van der Waals surface area (Å²) in [5.41, 5.74) is 0.927. The van der Waals surface area contributed by atoms with Gasteiger partial charge in [-0.3, -0.25) is 14.5 Å². The molecule has 31 heavy (non-hydrogen) atoms. The number of carbonyl (C=O) groups is 2. The van der Waals surface area contributed by atoms with Gasteiger partial charge in [-0.2, -0.15) is 5.10 Å². The SMILES string of the molecule is Cc1ccc(C(=O)N2CCN(CC(=O)Nc3ccnn3Cc3ccccc3Cl)CC2)o1. The summed E-state index contributed by atoms with van der Waals surface area (Å²) in [7, 11) is 0. The van der Waals surface area contributed by atoms with Gasteiger partial charge in [0, 0.05) is 37.3 Å². The zero-order valence-corrected chi connectivity index (χ0v) is 18.0. The number of amides is 2. The zero-order chi connectivity index (χ0) is 21.8. The molecule has 9 heteroatoms. The van der Waals surface area contributed by atoms with Crippen molar-refractivity contribution in [2.45, 2.75) is 13.5 Å². The number of benzene rings is 1. The molecule has 3 heterocycles. The van der Waals surface area contributed by atoms with Gasteiger partial charge in [0.1, 0.15) is 11.6 Å². The Kier molecular flexibility index (Phi) is 6.39. The minimum atomic E-state index is -0.123. The molecule has 0 aliphatic carbocycles. The minimum absolute atomic E-state index is 0.110. The number of piperazine rings is 1. The van der Waals surface area contributed by atoms with Gasteiger partial charge < -0.3 is 14.6 Å². The maximum absolute atomic E-state index is 12.6. The third-order valence-electron chi connectivity index (χ3n) is 5.24. The molecule has 0 atom stereocenters. The third kappa shape index (κ3) is 5.15. The highest BCUT2D eigenvalue weighted by Crippen LogP contribution is 2.18. The molecule has 1 aromatic carbocycles. The summed E-state index contributed by atoms with van der Waals surface area (Å²) in [6.07, 6.45) is 1.65. The number of rotatable bonds is 6. The fourth-order valence-electron chi connectivity index (χ4n) is 3.55. The first-order chi connectivity index (χ1) is 15.0. The Bertz CT molecular complexity index is 1070. The molecule has 1 saturated heterocycles. The topological polar surface area (TPSA) is 83.6 Å². The summed E-state index contributed by atoms with van der Waals surface area (Å²) < 4.78 is 7.13. The van der Waals surface area contributed by atoms with Crippen molar-refractivity contribution in [2.24, 2.45) is 0 Å². The van der Waals surface area contributed by atoms with Crippen LogP contribution in [0, 0.1) is 6.92 Å². The average Bonchev–Trinajstić information content (AvgIpc) is 3.38. The molecule has 2 amide bonds. The molecular formula is C22H24ClN5O3. The van der Waals surface area contributed by atoms with Crippen LogP contribution in [0.4, 0.5) is 5.82 Å². The second kappa shape index (κ2) is 9.36. The van der Waals surface area contributed by atoms with Crippen LogP contribution in [0.3, 0.4) is 0 Å². The Morgan fingerprint density at radius 3 is 2.58 bits per heavy atom. The van der Waals surface area contributed by atoms with Crippen LogP contribution in [0.15, 0.2) is 53.1 Å². The van der Waals surface area contributed by atoms with E-state index >= 15 is 0 Å². The van der Waals surface area contributed by atoms with Crippen molar-refractivity contribution in [2.75, 3.05) is 38.0 Å². The van der Waals surface area contributed by atoms with Gasteiger partial charge in [0.05, 0.1) is 19.3 Å². The molecule has 0 spiro atoms. The predicted molar refractivity (Wildman–Crippen MR) is 117 cm³/mol. The number of carbonyl (C=O) groups excluding carboxylic acids is 2. The van der Waals surface area contributed by atoms with Crippen LogP contribution < -0.4 is 5.32 Å². The van der Waals surface area contributed by atoms with Crippen molar-refractivity contribution in [1.29, 1.82) is 0 Å². The van der Waals surface area contributed by atoms with Crippen LogP contribution in [0.5, 0.6) is 0 Å². The van der Waals surface area contributed by atoms with E-state index in [1.165, 1.54) is 0 Å². The smallest absolute Gasteiger partial charge is 0.289 e. The van der Waals surface area contributed by atoms with E-state index in [0.717, 1.165) is 5.56 Å². The summed E-state index contributed by atoms with van der Waals surface area (Å²) in [6, 6.07) is 12.8. The fraction of sp³-hybridized carbons (Fsp3) is 0.318. The summed E-state index contributed by atoms with van der Waals surface area (Å²) in [6.45, 7) is 4.88.